The van der Waals surface area contributed by atoms with E-state index >= 15 is 0 Å². The minimum Gasteiger partial charge on any atom is -0.490 e. The van der Waals surface area contributed by atoms with E-state index in [1.807, 2.05) is 47.4 Å². The molecule has 5 heteroatoms. The molecule has 0 radical (unpaired) electrons. The second-order valence-electron chi connectivity index (χ2n) is 8.07. The molecule has 31 heavy (non-hydrogen) atoms. The number of para-hydroxylation sites is 1. The Kier molecular flexibility index (Phi) is 5.41. The van der Waals surface area contributed by atoms with Crippen molar-refractivity contribution in [3.8, 4) is 11.5 Å². The molecule has 5 nitrogen and oxygen atoms in total. The van der Waals surface area contributed by atoms with Crippen LogP contribution in [-0.4, -0.2) is 30.6 Å². The number of likely N-dealkylation sites (tertiary alicyclic amines) is 1. The Bertz CT molecular complexity index is 1130. The molecule has 2 aliphatic rings. The van der Waals surface area contributed by atoms with Gasteiger partial charge in [0, 0.05) is 36.4 Å². The lowest BCUT2D eigenvalue weighted by Crippen LogP contribution is -2.28. The van der Waals surface area contributed by atoms with Gasteiger partial charge in [-0.3, -0.25) is 4.79 Å². The Morgan fingerprint density at radius 2 is 1.94 bits per heavy atom. The maximum Gasteiger partial charge on any atom is 0.247 e. The summed E-state index contributed by atoms with van der Waals surface area (Å²) in [6, 6.07) is 14.1. The monoisotopic (exact) mass is 417 g/mol. The van der Waals surface area contributed by atoms with Crippen LogP contribution in [0.3, 0.4) is 0 Å². The highest BCUT2D eigenvalue weighted by Gasteiger charge is 2.29. The molecule has 2 aromatic carbocycles. The summed E-state index contributed by atoms with van der Waals surface area (Å²) < 4.78 is 17.6. The lowest BCUT2D eigenvalue weighted by molar-refractivity contribution is -0.126. The van der Waals surface area contributed by atoms with Crippen LogP contribution in [0.25, 0.3) is 17.0 Å². The van der Waals surface area contributed by atoms with Gasteiger partial charge in [-0.2, -0.15) is 0 Å². The molecule has 2 aliphatic heterocycles. The maximum absolute atomic E-state index is 13.2. The average molecular weight is 418 g/mol. The van der Waals surface area contributed by atoms with Gasteiger partial charge in [-0.1, -0.05) is 31.2 Å². The second kappa shape index (κ2) is 8.50. The molecule has 160 valence electrons. The highest BCUT2D eigenvalue weighted by molar-refractivity contribution is 5.96. The maximum atomic E-state index is 13.2. The molecule has 1 saturated heterocycles. The zero-order valence-corrected chi connectivity index (χ0v) is 17.8. The average Bonchev–Trinajstić information content (AvgIpc) is 3.35. The van der Waals surface area contributed by atoms with Crippen molar-refractivity contribution >= 4 is 23.0 Å². The molecule has 1 amide bonds. The Balaban J connectivity index is 1.39. The molecule has 0 saturated carbocycles. The molecule has 1 atom stereocenters. The number of amides is 1. The van der Waals surface area contributed by atoms with Crippen LogP contribution in [0.4, 0.5) is 0 Å². The fraction of sp³-hybridized carbons (Fsp3) is 0.346. The quantitative estimate of drug-likeness (QED) is 0.524. The van der Waals surface area contributed by atoms with E-state index in [0.717, 1.165) is 71.6 Å². The fourth-order valence-electron chi connectivity index (χ4n) is 4.58. The van der Waals surface area contributed by atoms with Crippen molar-refractivity contribution in [2.45, 2.75) is 38.6 Å². The first kappa shape index (κ1) is 19.7. The Morgan fingerprint density at radius 3 is 2.81 bits per heavy atom. The number of nitrogens with zero attached hydrogens (tertiary/aromatic N) is 1. The van der Waals surface area contributed by atoms with Gasteiger partial charge in [0.1, 0.15) is 11.3 Å². The van der Waals surface area contributed by atoms with Crippen molar-refractivity contribution in [1.29, 1.82) is 0 Å². The van der Waals surface area contributed by atoms with Gasteiger partial charge in [0.2, 0.25) is 5.91 Å². The zero-order chi connectivity index (χ0) is 21.2. The number of ether oxygens (including phenoxy) is 2. The van der Waals surface area contributed by atoms with Crippen LogP contribution in [0.2, 0.25) is 0 Å². The van der Waals surface area contributed by atoms with Crippen molar-refractivity contribution in [3.05, 3.63) is 65.4 Å². The lowest BCUT2D eigenvalue weighted by atomic mass is 10.0. The number of hydrogen-bond acceptors (Lipinski definition) is 4. The SMILES string of the molecule is CCc1oc2ccccc2c1/C=C/C(=O)N1CCCC1c1ccc2c(c1)OCCCO2. The largest absolute Gasteiger partial charge is 0.490 e. The summed E-state index contributed by atoms with van der Waals surface area (Å²) in [5.41, 5.74) is 2.96. The number of benzene rings is 2. The summed E-state index contributed by atoms with van der Waals surface area (Å²) in [6.45, 7) is 4.16. The summed E-state index contributed by atoms with van der Waals surface area (Å²) in [6.07, 6.45) is 7.22. The third-order valence-electron chi connectivity index (χ3n) is 6.12. The first-order valence-corrected chi connectivity index (χ1v) is 11.1. The molecule has 0 bridgehead atoms. The van der Waals surface area contributed by atoms with Crippen LogP contribution < -0.4 is 9.47 Å². The van der Waals surface area contributed by atoms with Crippen LogP contribution >= 0.6 is 0 Å². The van der Waals surface area contributed by atoms with E-state index in [-0.39, 0.29) is 11.9 Å². The standard InChI is InChI=1S/C26H27NO4/c1-2-22-20(19-7-3-4-9-23(19)31-22)11-13-26(28)27-14-5-8-21(27)18-10-12-24-25(17-18)30-16-6-15-29-24/h3-4,7,9-13,17,21H,2,5-6,8,14-16H2,1H3/b13-11+. The van der Waals surface area contributed by atoms with Gasteiger partial charge in [-0.05, 0) is 42.7 Å². The molecule has 1 unspecified atom stereocenters. The predicted molar refractivity (Wildman–Crippen MR) is 120 cm³/mol. The molecular formula is C26H27NO4. The van der Waals surface area contributed by atoms with Crippen molar-refractivity contribution in [2.75, 3.05) is 19.8 Å². The van der Waals surface area contributed by atoms with E-state index < -0.39 is 0 Å². The summed E-state index contributed by atoms with van der Waals surface area (Å²) in [5.74, 6) is 2.51. The predicted octanol–water partition coefficient (Wildman–Crippen LogP) is 5.53. The summed E-state index contributed by atoms with van der Waals surface area (Å²) in [7, 11) is 0. The fourth-order valence-corrected chi connectivity index (χ4v) is 4.58. The van der Waals surface area contributed by atoms with Gasteiger partial charge in [0.25, 0.3) is 0 Å². The molecule has 5 rings (SSSR count). The number of fused-ring (bicyclic) bond motifs is 2. The number of hydrogen-bond donors (Lipinski definition) is 0. The lowest BCUT2D eigenvalue weighted by Gasteiger charge is -2.24. The third kappa shape index (κ3) is 3.80. The molecule has 1 fully saturated rings. The van der Waals surface area contributed by atoms with Crippen LogP contribution in [-0.2, 0) is 11.2 Å². The van der Waals surface area contributed by atoms with Crippen molar-refractivity contribution < 1.29 is 18.7 Å². The van der Waals surface area contributed by atoms with E-state index in [1.54, 1.807) is 6.08 Å². The van der Waals surface area contributed by atoms with Crippen LogP contribution in [0.15, 0.2) is 53.0 Å². The highest BCUT2D eigenvalue weighted by Crippen LogP contribution is 2.38. The van der Waals surface area contributed by atoms with E-state index in [2.05, 4.69) is 13.0 Å². The second-order valence-corrected chi connectivity index (χ2v) is 8.07. The number of carbonyl (C=O) groups excluding carboxylic acids is 1. The first-order chi connectivity index (χ1) is 15.2. The van der Waals surface area contributed by atoms with Crippen LogP contribution in [0, 0.1) is 0 Å². The smallest absolute Gasteiger partial charge is 0.247 e. The van der Waals surface area contributed by atoms with E-state index in [9.17, 15) is 4.79 Å². The number of furan rings is 1. The van der Waals surface area contributed by atoms with Crippen LogP contribution in [0.5, 0.6) is 11.5 Å². The van der Waals surface area contributed by atoms with E-state index in [1.165, 1.54) is 0 Å². The first-order valence-electron chi connectivity index (χ1n) is 11.1. The molecule has 0 spiro atoms. The van der Waals surface area contributed by atoms with Gasteiger partial charge in [0.15, 0.2) is 11.5 Å². The number of aryl methyl sites for hydroxylation is 1. The summed E-state index contributed by atoms with van der Waals surface area (Å²) in [4.78, 5) is 15.1. The number of carbonyl (C=O) groups is 1. The summed E-state index contributed by atoms with van der Waals surface area (Å²) in [5, 5.41) is 1.05. The van der Waals surface area contributed by atoms with Gasteiger partial charge in [0.05, 0.1) is 19.3 Å². The Hall–Kier alpha value is -3.21. The minimum absolute atomic E-state index is 0.0296. The Morgan fingerprint density at radius 1 is 1.10 bits per heavy atom. The molecule has 3 heterocycles. The van der Waals surface area contributed by atoms with E-state index in [0.29, 0.717) is 13.2 Å². The van der Waals surface area contributed by atoms with Crippen molar-refractivity contribution in [2.24, 2.45) is 0 Å². The topological polar surface area (TPSA) is 51.9 Å². The molecular weight excluding hydrogens is 390 g/mol. The molecule has 3 aromatic rings. The molecule has 1 aromatic heterocycles. The third-order valence-corrected chi connectivity index (χ3v) is 6.12. The number of rotatable bonds is 4. The van der Waals surface area contributed by atoms with Crippen LogP contribution in [0.1, 0.15) is 49.1 Å². The van der Waals surface area contributed by atoms with Gasteiger partial charge >= 0.3 is 0 Å². The minimum atomic E-state index is 0.0296. The molecule has 0 N–H and O–H groups in total. The Labute approximate surface area is 182 Å². The normalized spacial score (nSPS) is 18.6. The van der Waals surface area contributed by atoms with Gasteiger partial charge in [-0.25, -0.2) is 0 Å². The van der Waals surface area contributed by atoms with Gasteiger partial charge < -0.3 is 18.8 Å². The zero-order valence-electron chi connectivity index (χ0n) is 17.8. The molecule has 0 aliphatic carbocycles. The summed E-state index contributed by atoms with van der Waals surface area (Å²) >= 11 is 0. The van der Waals surface area contributed by atoms with Crippen molar-refractivity contribution in [1.82, 2.24) is 4.90 Å². The van der Waals surface area contributed by atoms with Gasteiger partial charge in [-0.15, -0.1) is 0 Å². The van der Waals surface area contributed by atoms with Crippen molar-refractivity contribution in [3.63, 3.8) is 0 Å². The van der Waals surface area contributed by atoms with E-state index in [4.69, 9.17) is 13.9 Å². The highest BCUT2D eigenvalue weighted by atomic mass is 16.5.